The van der Waals surface area contributed by atoms with Crippen LogP contribution in [-0.2, 0) is 27.1 Å². The molecule has 27 heavy (non-hydrogen) atoms. The average molecular weight is 411 g/mol. The molecule has 0 atom stereocenters. The van der Waals surface area contributed by atoms with Crippen LogP contribution in [0.5, 0.6) is 5.75 Å². The summed E-state index contributed by atoms with van der Waals surface area (Å²) in [5, 5.41) is 3.16. The number of benzene rings is 2. The van der Waals surface area contributed by atoms with Crippen LogP contribution in [-0.4, -0.2) is 27.0 Å². The zero-order valence-electron chi connectivity index (χ0n) is 15.2. The molecule has 8 heteroatoms. The Kier molecular flexibility index (Phi) is 7.65. The van der Waals surface area contributed by atoms with E-state index in [-0.39, 0.29) is 30.9 Å². The number of halogens is 1. The maximum Gasteiger partial charge on any atom is 0.258 e. The number of hydrogen-bond acceptors (Lipinski definition) is 4. The summed E-state index contributed by atoms with van der Waals surface area (Å²) in [5.74, 6) is -0.0404. The molecule has 2 rings (SSSR count). The van der Waals surface area contributed by atoms with Gasteiger partial charge in [0.15, 0.2) is 6.61 Å². The van der Waals surface area contributed by atoms with Gasteiger partial charge in [-0.3, -0.25) is 4.79 Å². The van der Waals surface area contributed by atoms with Gasteiger partial charge in [-0.15, -0.1) is 0 Å². The molecule has 0 bridgehead atoms. The highest BCUT2D eigenvalue weighted by Gasteiger charge is 2.15. The van der Waals surface area contributed by atoms with Gasteiger partial charge in [-0.25, -0.2) is 13.1 Å². The summed E-state index contributed by atoms with van der Waals surface area (Å²) in [7, 11) is -3.45. The number of ether oxygens (including phenoxy) is 1. The van der Waals surface area contributed by atoms with E-state index in [4.69, 9.17) is 16.3 Å². The molecule has 0 aromatic heterocycles. The lowest BCUT2D eigenvalue weighted by molar-refractivity contribution is -0.123. The van der Waals surface area contributed by atoms with Crippen LogP contribution in [0.3, 0.4) is 0 Å². The van der Waals surface area contributed by atoms with Crippen LogP contribution >= 0.6 is 11.6 Å². The van der Waals surface area contributed by atoms with Crippen molar-refractivity contribution in [2.75, 3.05) is 6.61 Å². The fraction of sp³-hybridized carbons (Fsp3) is 0.316. The molecule has 0 heterocycles. The number of amides is 1. The number of hydrogen-bond donors (Lipinski definition) is 2. The van der Waals surface area contributed by atoms with Gasteiger partial charge < -0.3 is 10.1 Å². The molecular weight excluding hydrogens is 388 g/mol. The third-order valence-corrected chi connectivity index (χ3v) is 5.38. The van der Waals surface area contributed by atoms with Crippen LogP contribution in [0.2, 0.25) is 5.02 Å². The Hall–Kier alpha value is -2.09. The van der Waals surface area contributed by atoms with Crippen LogP contribution in [0.4, 0.5) is 0 Å². The standard InChI is InChI=1S/C19H23ClN2O4S/c1-14(2)22-27(24,25)13-16-8-4-3-7-15(16)11-21-19(23)12-26-18-10-6-5-9-17(18)20/h3-10,14,22H,11-13H2,1-2H3,(H,21,23). The van der Waals surface area contributed by atoms with Crippen molar-refractivity contribution in [2.24, 2.45) is 0 Å². The number of rotatable bonds is 9. The van der Waals surface area contributed by atoms with Gasteiger partial charge in [0.05, 0.1) is 10.8 Å². The minimum absolute atomic E-state index is 0.145. The van der Waals surface area contributed by atoms with Gasteiger partial charge in [0.25, 0.3) is 5.91 Å². The van der Waals surface area contributed by atoms with Crippen molar-refractivity contribution in [1.29, 1.82) is 0 Å². The first kappa shape index (κ1) is 21.2. The number of nitrogens with one attached hydrogen (secondary N) is 2. The van der Waals surface area contributed by atoms with E-state index >= 15 is 0 Å². The van der Waals surface area contributed by atoms with E-state index in [2.05, 4.69) is 10.0 Å². The molecule has 0 saturated carbocycles. The highest BCUT2D eigenvalue weighted by molar-refractivity contribution is 7.88. The normalized spacial score (nSPS) is 11.4. The fourth-order valence-corrected chi connectivity index (χ4v) is 4.11. The van der Waals surface area contributed by atoms with Crippen LogP contribution in [0.25, 0.3) is 0 Å². The third-order valence-electron chi connectivity index (χ3n) is 3.55. The van der Waals surface area contributed by atoms with Gasteiger partial charge in [0.1, 0.15) is 5.75 Å². The van der Waals surface area contributed by atoms with E-state index in [1.54, 1.807) is 62.4 Å². The van der Waals surface area contributed by atoms with Gasteiger partial charge >= 0.3 is 0 Å². The quantitative estimate of drug-likeness (QED) is 0.665. The second-order valence-corrected chi connectivity index (χ2v) is 8.46. The number of carbonyl (C=O) groups excluding carboxylic acids is 1. The zero-order valence-corrected chi connectivity index (χ0v) is 16.8. The van der Waals surface area contributed by atoms with Gasteiger partial charge in [-0.2, -0.15) is 0 Å². The van der Waals surface area contributed by atoms with Crippen molar-refractivity contribution in [3.63, 3.8) is 0 Å². The summed E-state index contributed by atoms with van der Waals surface area (Å²) in [5.41, 5.74) is 1.37. The molecule has 0 aliphatic heterocycles. The summed E-state index contributed by atoms with van der Waals surface area (Å²) < 4.78 is 32.3. The van der Waals surface area contributed by atoms with Crippen molar-refractivity contribution in [3.8, 4) is 5.75 Å². The van der Waals surface area contributed by atoms with Crippen molar-refractivity contribution in [2.45, 2.75) is 32.2 Å². The molecule has 0 aliphatic rings. The Bertz CT molecular complexity index is 885. The van der Waals surface area contributed by atoms with E-state index in [9.17, 15) is 13.2 Å². The van der Waals surface area contributed by atoms with Gasteiger partial charge in [0.2, 0.25) is 10.0 Å². The molecule has 0 spiro atoms. The molecule has 0 saturated heterocycles. The Labute approximate surface area is 164 Å². The summed E-state index contributed by atoms with van der Waals surface area (Å²) in [6, 6.07) is 13.8. The average Bonchev–Trinajstić information content (AvgIpc) is 2.59. The highest BCUT2D eigenvalue weighted by atomic mass is 35.5. The predicted molar refractivity (Wildman–Crippen MR) is 106 cm³/mol. The Balaban J connectivity index is 1.94. The van der Waals surface area contributed by atoms with Crippen LogP contribution in [0.1, 0.15) is 25.0 Å². The predicted octanol–water partition coefficient (Wildman–Crippen LogP) is 2.86. The maximum absolute atomic E-state index is 12.2. The topological polar surface area (TPSA) is 84.5 Å². The van der Waals surface area contributed by atoms with E-state index in [0.717, 1.165) is 5.56 Å². The second kappa shape index (κ2) is 9.73. The van der Waals surface area contributed by atoms with Gasteiger partial charge in [-0.1, -0.05) is 48.0 Å². The highest BCUT2D eigenvalue weighted by Crippen LogP contribution is 2.22. The number of para-hydroxylation sites is 1. The molecule has 0 aliphatic carbocycles. The van der Waals surface area contributed by atoms with Crippen LogP contribution in [0, 0.1) is 0 Å². The molecule has 0 unspecified atom stereocenters. The molecule has 6 nitrogen and oxygen atoms in total. The Morgan fingerprint density at radius 3 is 2.37 bits per heavy atom. The Morgan fingerprint density at radius 1 is 1.07 bits per heavy atom. The van der Waals surface area contributed by atoms with Crippen molar-refractivity contribution in [1.82, 2.24) is 10.0 Å². The first-order valence-electron chi connectivity index (χ1n) is 8.47. The molecule has 2 N–H and O–H groups in total. The molecule has 0 radical (unpaired) electrons. The summed E-state index contributed by atoms with van der Waals surface area (Å²) in [6.45, 7) is 3.56. The molecule has 146 valence electrons. The minimum Gasteiger partial charge on any atom is -0.482 e. The van der Waals surface area contributed by atoms with Crippen molar-refractivity contribution < 1.29 is 17.9 Å². The van der Waals surface area contributed by atoms with E-state index in [1.807, 2.05) is 0 Å². The summed E-state index contributed by atoms with van der Waals surface area (Å²) in [6.07, 6.45) is 0. The maximum atomic E-state index is 12.2. The first-order chi connectivity index (χ1) is 12.8. The van der Waals surface area contributed by atoms with E-state index in [1.165, 1.54) is 0 Å². The fourth-order valence-electron chi connectivity index (χ4n) is 2.43. The SMILES string of the molecule is CC(C)NS(=O)(=O)Cc1ccccc1CNC(=O)COc1ccccc1Cl. The number of carbonyl (C=O) groups is 1. The van der Waals surface area contributed by atoms with Gasteiger partial charge in [-0.05, 0) is 37.1 Å². The number of sulfonamides is 1. The Morgan fingerprint density at radius 2 is 1.70 bits per heavy atom. The molecular formula is C19H23ClN2O4S. The van der Waals surface area contributed by atoms with E-state index < -0.39 is 10.0 Å². The van der Waals surface area contributed by atoms with Crippen molar-refractivity contribution >= 4 is 27.5 Å². The molecule has 1 amide bonds. The largest absolute Gasteiger partial charge is 0.482 e. The molecule has 2 aromatic carbocycles. The van der Waals surface area contributed by atoms with E-state index in [0.29, 0.717) is 16.3 Å². The van der Waals surface area contributed by atoms with Gasteiger partial charge in [0, 0.05) is 12.6 Å². The second-order valence-electron chi connectivity index (χ2n) is 6.30. The first-order valence-corrected chi connectivity index (χ1v) is 10.5. The molecule has 2 aromatic rings. The van der Waals surface area contributed by atoms with Crippen LogP contribution in [0.15, 0.2) is 48.5 Å². The summed E-state index contributed by atoms with van der Waals surface area (Å²) in [4.78, 5) is 12.0. The zero-order chi connectivity index (χ0) is 19.9. The molecule has 0 fully saturated rings. The van der Waals surface area contributed by atoms with Crippen molar-refractivity contribution in [3.05, 3.63) is 64.7 Å². The third kappa shape index (κ3) is 7.21. The lowest BCUT2D eigenvalue weighted by atomic mass is 10.1. The lowest BCUT2D eigenvalue weighted by Gasteiger charge is -2.13. The smallest absolute Gasteiger partial charge is 0.258 e. The summed E-state index contributed by atoms with van der Waals surface area (Å²) >= 11 is 5.98. The monoisotopic (exact) mass is 410 g/mol. The minimum atomic E-state index is -3.45. The van der Waals surface area contributed by atoms with Crippen LogP contribution < -0.4 is 14.8 Å². The lowest BCUT2D eigenvalue weighted by Crippen LogP contribution is -2.32.